The van der Waals surface area contributed by atoms with Crippen molar-refractivity contribution in [2.75, 3.05) is 19.6 Å². The van der Waals surface area contributed by atoms with E-state index in [1.54, 1.807) is 0 Å². The van der Waals surface area contributed by atoms with Crippen LogP contribution in [-0.4, -0.2) is 36.3 Å². The van der Waals surface area contributed by atoms with Crippen LogP contribution in [0.4, 0.5) is 0 Å². The van der Waals surface area contributed by atoms with Gasteiger partial charge in [-0.2, -0.15) is 0 Å². The topological polar surface area (TPSA) is 49.4 Å². The number of allylic oxidation sites excluding steroid dienone is 2. The van der Waals surface area contributed by atoms with Crippen LogP contribution in [-0.2, 0) is 9.59 Å². The van der Waals surface area contributed by atoms with Crippen molar-refractivity contribution in [2.24, 2.45) is 17.8 Å². The molecule has 0 saturated carbocycles. The fourth-order valence-corrected chi connectivity index (χ4v) is 3.57. The van der Waals surface area contributed by atoms with Gasteiger partial charge in [-0.05, 0) is 51.1 Å². The summed E-state index contributed by atoms with van der Waals surface area (Å²) < 4.78 is 0. The Bertz CT molecular complexity index is 373. The summed E-state index contributed by atoms with van der Waals surface area (Å²) in [5.41, 5.74) is 0. The molecule has 0 bridgehead atoms. The standard InChI is InChI=1S/C15H22N2O2/c18-14-12-5-1-2-6-13(12)15(19)17(14)9-7-11-4-3-8-16-10-11/h1-2,11-13,16H,3-10H2/t11?,12-,13+. The minimum absolute atomic E-state index is 0.0676. The zero-order valence-corrected chi connectivity index (χ0v) is 11.3. The second-order valence-electron chi connectivity index (χ2n) is 5.98. The van der Waals surface area contributed by atoms with Crippen LogP contribution in [0.5, 0.6) is 0 Å². The number of nitrogens with zero attached hydrogens (tertiary/aromatic N) is 1. The molecule has 19 heavy (non-hydrogen) atoms. The minimum Gasteiger partial charge on any atom is -0.316 e. The molecule has 3 rings (SSSR count). The quantitative estimate of drug-likeness (QED) is 0.616. The number of carbonyl (C=O) groups excluding carboxylic acids is 2. The summed E-state index contributed by atoms with van der Waals surface area (Å²) in [5, 5.41) is 3.38. The number of nitrogens with one attached hydrogen (secondary N) is 1. The van der Waals surface area contributed by atoms with E-state index in [1.165, 1.54) is 17.7 Å². The first kappa shape index (κ1) is 12.9. The highest BCUT2D eigenvalue weighted by atomic mass is 16.2. The maximum Gasteiger partial charge on any atom is 0.233 e. The van der Waals surface area contributed by atoms with Gasteiger partial charge in [0, 0.05) is 6.54 Å². The van der Waals surface area contributed by atoms with Gasteiger partial charge in [-0.15, -0.1) is 0 Å². The van der Waals surface area contributed by atoms with Crippen molar-refractivity contribution in [3.05, 3.63) is 12.2 Å². The van der Waals surface area contributed by atoms with Crippen LogP contribution in [0.15, 0.2) is 12.2 Å². The molecule has 0 radical (unpaired) electrons. The molecule has 1 aliphatic carbocycles. The highest BCUT2D eigenvalue weighted by Crippen LogP contribution is 2.35. The summed E-state index contributed by atoms with van der Waals surface area (Å²) >= 11 is 0. The molecule has 3 aliphatic rings. The molecule has 1 unspecified atom stereocenters. The molecule has 2 heterocycles. The summed E-state index contributed by atoms with van der Waals surface area (Å²) in [6, 6.07) is 0. The third-order valence-electron chi connectivity index (χ3n) is 4.76. The van der Waals surface area contributed by atoms with Crippen molar-refractivity contribution < 1.29 is 9.59 Å². The second kappa shape index (κ2) is 5.45. The van der Waals surface area contributed by atoms with Gasteiger partial charge in [0.2, 0.25) is 11.8 Å². The van der Waals surface area contributed by atoms with Gasteiger partial charge in [0.15, 0.2) is 0 Å². The molecule has 0 aromatic carbocycles. The fraction of sp³-hybridized carbons (Fsp3) is 0.733. The van der Waals surface area contributed by atoms with Crippen LogP contribution in [0.3, 0.4) is 0 Å². The van der Waals surface area contributed by atoms with Crippen LogP contribution in [0, 0.1) is 17.8 Å². The predicted octanol–water partition coefficient (Wildman–Crippen LogP) is 1.33. The normalized spacial score (nSPS) is 34.7. The average molecular weight is 262 g/mol. The van der Waals surface area contributed by atoms with Gasteiger partial charge in [0.05, 0.1) is 11.8 Å². The third-order valence-corrected chi connectivity index (χ3v) is 4.76. The molecule has 0 spiro atoms. The van der Waals surface area contributed by atoms with Crippen molar-refractivity contribution in [3.8, 4) is 0 Å². The Morgan fingerprint density at radius 2 is 1.84 bits per heavy atom. The zero-order chi connectivity index (χ0) is 13.2. The summed E-state index contributed by atoms with van der Waals surface area (Å²) in [7, 11) is 0. The maximum absolute atomic E-state index is 12.3. The van der Waals surface area contributed by atoms with E-state index in [4.69, 9.17) is 0 Å². The number of rotatable bonds is 3. The first-order valence-electron chi connectivity index (χ1n) is 7.48. The largest absolute Gasteiger partial charge is 0.316 e. The molecule has 4 heteroatoms. The van der Waals surface area contributed by atoms with Gasteiger partial charge in [-0.3, -0.25) is 14.5 Å². The van der Waals surface area contributed by atoms with E-state index in [-0.39, 0.29) is 23.7 Å². The van der Waals surface area contributed by atoms with Crippen LogP contribution < -0.4 is 5.32 Å². The number of hydrogen-bond acceptors (Lipinski definition) is 3. The summed E-state index contributed by atoms with van der Waals surface area (Å²) in [5.74, 6) is 0.630. The molecule has 2 aliphatic heterocycles. The third kappa shape index (κ3) is 2.46. The minimum atomic E-state index is -0.0676. The second-order valence-corrected chi connectivity index (χ2v) is 5.98. The molecule has 3 atom stereocenters. The first-order chi connectivity index (χ1) is 9.27. The van der Waals surface area contributed by atoms with Crippen molar-refractivity contribution in [1.82, 2.24) is 10.2 Å². The summed E-state index contributed by atoms with van der Waals surface area (Å²) in [6.45, 7) is 2.76. The van der Waals surface area contributed by atoms with E-state index in [9.17, 15) is 9.59 Å². The number of hydrogen-bond donors (Lipinski definition) is 1. The number of carbonyl (C=O) groups is 2. The monoisotopic (exact) mass is 262 g/mol. The van der Waals surface area contributed by atoms with Crippen molar-refractivity contribution >= 4 is 11.8 Å². The molecule has 2 saturated heterocycles. The Hall–Kier alpha value is -1.16. The van der Waals surface area contributed by atoms with Gasteiger partial charge < -0.3 is 5.32 Å². The smallest absolute Gasteiger partial charge is 0.233 e. The molecule has 0 aromatic rings. The fourth-order valence-electron chi connectivity index (χ4n) is 3.57. The molecule has 2 fully saturated rings. The number of fused-ring (bicyclic) bond motifs is 1. The molecular formula is C15H22N2O2. The Morgan fingerprint density at radius 3 is 2.42 bits per heavy atom. The summed E-state index contributed by atoms with van der Waals surface area (Å²) in [6.07, 6.45) is 8.96. The summed E-state index contributed by atoms with van der Waals surface area (Å²) in [4.78, 5) is 26.1. The number of imide groups is 1. The molecule has 2 amide bonds. The van der Waals surface area contributed by atoms with E-state index in [1.807, 2.05) is 12.2 Å². The average Bonchev–Trinajstić information content (AvgIpc) is 2.71. The molecule has 104 valence electrons. The number of amides is 2. The maximum atomic E-state index is 12.3. The van der Waals surface area contributed by atoms with Crippen LogP contribution in [0.25, 0.3) is 0 Å². The Kier molecular flexibility index (Phi) is 3.69. The predicted molar refractivity (Wildman–Crippen MR) is 72.3 cm³/mol. The van der Waals surface area contributed by atoms with Gasteiger partial charge in [-0.25, -0.2) is 0 Å². The van der Waals surface area contributed by atoms with Crippen LogP contribution in [0.2, 0.25) is 0 Å². The molecule has 4 nitrogen and oxygen atoms in total. The van der Waals surface area contributed by atoms with Gasteiger partial charge in [0.25, 0.3) is 0 Å². The Morgan fingerprint density at radius 1 is 1.16 bits per heavy atom. The van der Waals surface area contributed by atoms with Crippen molar-refractivity contribution in [3.63, 3.8) is 0 Å². The highest BCUT2D eigenvalue weighted by Gasteiger charge is 2.46. The lowest BCUT2D eigenvalue weighted by molar-refractivity contribution is -0.140. The van der Waals surface area contributed by atoms with Crippen LogP contribution in [0.1, 0.15) is 32.1 Å². The molecular weight excluding hydrogens is 240 g/mol. The number of likely N-dealkylation sites (tertiary alicyclic amines) is 1. The van der Waals surface area contributed by atoms with E-state index >= 15 is 0 Å². The van der Waals surface area contributed by atoms with Crippen molar-refractivity contribution in [2.45, 2.75) is 32.1 Å². The Labute approximate surface area is 114 Å². The van der Waals surface area contributed by atoms with Crippen molar-refractivity contribution in [1.29, 1.82) is 0 Å². The van der Waals surface area contributed by atoms with Gasteiger partial charge in [-0.1, -0.05) is 12.2 Å². The van der Waals surface area contributed by atoms with E-state index in [2.05, 4.69) is 5.32 Å². The molecule has 1 N–H and O–H groups in total. The van der Waals surface area contributed by atoms with Gasteiger partial charge >= 0.3 is 0 Å². The molecule has 0 aromatic heterocycles. The number of piperidine rings is 1. The zero-order valence-electron chi connectivity index (χ0n) is 11.3. The SMILES string of the molecule is O=C1[C@H]2CC=CC[C@H]2C(=O)N1CCC1CCCNC1. The van der Waals surface area contributed by atoms with E-state index in [0.717, 1.165) is 32.4 Å². The lowest BCUT2D eigenvalue weighted by atomic mass is 9.85. The van der Waals surface area contributed by atoms with Crippen LogP contribution >= 0.6 is 0 Å². The highest BCUT2D eigenvalue weighted by molar-refractivity contribution is 6.05. The first-order valence-corrected chi connectivity index (χ1v) is 7.48. The lowest BCUT2D eigenvalue weighted by Crippen LogP contribution is -2.36. The van der Waals surface area contributed by atoms with E-state index < -0.39 is 0 Å². The Balaban J connectivity index is 1.59. The lowest BCUT2D eigenvalue weighted by Gasteiger charge is -2.24. The van der Waals surface area contributed by atoms with Gasteiger partial charge in [0.1, 0.15) is 0 Å². The van der Waals surface area contributed by atoms with E-state index in [0.29, 0.717) is 12.5 Å².